The van der Waals surface area contributed by atoms with Gasteiger partial charge in [-0.15, -0.1) is 0 Å². The van der Waals surface area contributed by atoms with E-state index in [9.17, 15) is 0 Å². The van der Waals surface area contributed by atoms with E-state index < -0.39 is 0 Å². The molecule has 3 nitrogen and oxygen atoms in total. The van der Waals surface area contributed by atoms with Gasteiger partial charge in [0.15, 0.2) is 0 Å². The lowest BCUT2D eigenvalue weighted by molar-refractivity contribution is 0.376. The van der Waals surface area contributed by atoms with Crippen molar-refractivity contribution in [3.05, 3.63) is 23.8 Å². The van der Waals surface area contributed by atoms with Crippen molar-refractivity contribution in [2.75, 3.05) is 21.3 Å². The molecule has 3 heteroatoms. The van der Waals surface area contributed by atoms with Crippen LogP contribution in [0.2, 0.25) is 0 Å². The van der Waals surface area contributed by atoms with Crippen LogP contribution in [0.4, 0.5) is 0 Å². The van der Waals surface area contributed by atoms with Crippen molar-refractivity contribution < 1.29 is 9.47 Å². The summed E-state index contributed by atoms with van der Waals surface area (Å²) in [5.74, 6) is 1.71. The second kappa shape index (κ2) is 4.86. The summed E-state index contributed by atoms with van der Waals surface area (Å²) >= 11 is 0. The molecule has 0 aliphatic heterocycles. The van der Waals surface area contributed by atoms with Gasteiger partial charge >= 0.3 is 0 Å². The highest BCUT2D eigenvalue weighted by atomic mass is 16.5. The normalized spacial score (nSPS) is 12.3. The molecule has 0 aliphatic rings. The van der Waals surface area contributed by atoms with E-state index in [1.54, 1.807) is 14.2 Å². The highest BCUT2D eigenvalue weighted by Crippen LogP contribution is 2.33. The third kappa shape index (κ3) is 1.99. The van der Waals surface area contributed by atoms with Crippen LogP contribution in [0, 0.1) is 0 Å². The smallest absolute Gasteiger partial charge is 0.127 e. The third-order valence-electron chi connectivity index (χ3n) is 2.33. The van der Waals surface area contributed by atoms with E-state index in [1.807, 2.05) is 25.2 Å². The molecule has 1 N–H and O–H groups in total. The van der Waals surface area contributed by atoms with Crippen LogP contribution in [-0.2, 0) is 0 Å². The summed E-state index contributed by atoms with van der Waals surface area (Å²) < 4.78 is 10.6. The Bertz CT molecular complexity index is 277. The Morgan fingerprint density at radius 1 is 1.14 bits per heavy atom. The van der Waals surface area contributed by atoms with Gasteiger partial charge in [0.05, 0.1) is 19.8 Å². The number of ether oxygens (including phenoxy) is 2. The third-order valence-corrected chi connectivity index (χ3v) is 2.33. The van der Waals surface area contributed by atoms with E-state index in [-0.39, 0.29) is 6.04 Å². The number of hydrogen-bond acceptors (Lipinski definition) is 3. The Labute approximate surface area is 85.0 Å². The first-order valence-corrected chi connectivity index (χ1v) is 4.62. The van der Waals surface area contributed by atoms with Crippen LogP contribution < -0.4 is 14.8 Å². The van der Waals surface area contributed by atoms with Gasteiger partial charge in [-0.05, 0) is 26.1 Å². The average molecular weight is 195 g/mol. The van der Waals surface area contributed by atoms with Crippen molar-refractivity contribution in [3.63, 3.8) is 0 Å². The fraction of sp³-hybridized carbons (Fsp3) is 0.455. The summed E-state index contributed by atoms with van der Waals surface area (Å²) in [7, 11) is 5.25. The molecule has 78 valence electrons. The summed E-state index contributed by atoms with van der Waals surface area (Å²) in [5.41, 5.74) is 1.06. The van der Waals surface area contributed by atoms with Crippen LogP contribution in [-0.4, -0.2) is 21.3 Å². The Kier molecular flexibility index (Phi) is 3.77. The second-order valence-corrected chi connectivity index (χ2v) is 3.09. The molecule has 0 saturated heterocycles. The molecule has 0 bridgehead atoms. The predicted octanol–water partition coefficient (Wildman–Crippen LogP) is 1.98. The highest BCUT2D eigenvalue weighted by molar-refractivity contribution is 5.46. The van der Waals surface area contributed by atoms with Crippen LogP contribution in [0.25, 0.3) is 0 Å². The zero-order valence-electron chi connectivity index (χ0n) is 9.13. The molecule has 0 unspecified atom stereocenters. The summed E-state index contributed by atoms with van der Waals surface area (Å²) in [6.07, 6.45) is 0. The topological polar surface area (TPSA) is 30.5 Å². The number of rotatable bonds is 4. The molecular weight excluding hydrogens is 178 g/mol. The number of benzene rings is 1. The maximum Gasteiger partial charge on any atom is 0.127 e. The zero-order valence-corrected chi connectivity index (χ0v) is 9.13. The van der Waals surface area contributed by atoms with Gasteiger partial charge in [0.25, 0.3) is 0 Å². The molecule has 0 amide bonds. The van der Waals surface area contributed by atoms with Gasteiger partial charge in [0.2, 0.25) is 0 Å². The standard InChI is InChI=1S/C11H17NO2/c1-8(12-2)11-9(13-3)6-5-7-10(11)14-4/h5-8,12H,1-4H3/t8-/m1/s1. The van der Waals surface area contributed by atoms with Gasteiger partial charge < -0.3 is 14.8 Å². The van der Waals surface area contributed by atoms with Crippen LogP contribution in [0.15, 0.2) is 18.2 Å². The molecule has 1 atom stereocenters. The van der Waals surface area contributed by atoms with Gasteiger partial charge in [-0.3, -0.25) is 0 Å². The van der Waals surface area contributed by atoms with Crippen molar-refractivity contribution >= 4 is 0 Å². The second-order valence-electron chi connectivity index (χ2n) is 3.09. The number of hydrogen-bond donors (Lipinski definition) is 1. The van der Waals surface area contributed by atoms with Crippen molar-refractivity contribution in [2.45, 2.75) is 13.0 Å². The molecule has 0 fully saturated rings. The largest absolute Gasteiger partial charge is 0.496 e. The Balaban J connectivity index is 3.18. The molecule has 1 aromatic rings. The monoisotopic (exact) mass is 195 g/mol. The minimum atomic E-state index is 0.209. The van der Waals surface area contributed by atoms with E-state index in [1.165, 1.54) is 0 Å². The lowest BCUT2D eigenvalue weighted by Crippen LogP contribution is -2.14. The van der Waals surface area contributed by atoms with Crippen LogP contribution in [0.3, 0.4) is 0 Å². The molecule has 1 rings (SSSR count). The molecular formula is C11H17NO2. The quantitative estimate of drug-likeness (QED) is 0.797. The summed E-state index contributed by atoms with van der Waals surface area (Å²) in [4.78, 5) is 0. The predicted molar refractivity (Wildman–Crippen MR) is 57.0 cm³/mol. The molecule has 1 aromatic carbocycles. The van der Waals surface area contributed by atoms with Gasteiger partial charge in [0, 0.05) is 6.04 Å². The van der Waals surface area contributed by atoms with E-state index in [4.69, 9.17) is 9.47 Å². The molecule has 14 heavy (non-hydrogen) atoms. The van der Waals surface area contributed by atoms with Crippen LogP contribution >= 0.6 is 0 Å². The summed E-state index contributed by atoms with van der Waals surface area (Å²) in [5, 5.41) is 3.17. The molecule has 0 radical (unpaired) electrons. The van der Waals surface area contributed by atoms with E-state index in [0.717, 1.165) is 17.1 Å². The summed E-state index contributed by atoms with van der Waals surface area (Å²) in [6, 6.07) is 6.00. The van der Waals surface area contributed by atoms with Crippen molar-refractivity contribution in [1.82, 2.24) is 5.32 Å². The lowest BCUT2D eigenvalue weighted by Gasteiger charge is -2.18. The molecule has 0 spiro atoms. The minimum Gasteiger partial charge on any atom is -0.496 e. The van der Waals surface area contributed by atoms with Gasteiger partial charge in [-0.1, -0.05) is 6.07 Å². The molecule has 0 aromatic heterocycles. The Morgan fingerprint density at radius 2 is 1.64 bits per heavy atom. The molecule has 0 heterocycles. The first-order chi connectivity index (χ1) is 6.74. The Morgan fingerprint density at radius 3 is 2.00 bits per heavy atom. The number of nitrogens with one attached hydrogen (secondary N) is 1. The minimum absolute atomic E-state index is 0.209. The van der Waals surface area contributed by atoms with Crippen LogP contribution in [0.5, 0.6) is 11.5 Å². The van der Waals surface area contributed by atoms with E-state index >= 15 is 0 Å². The first kappa shape index (κ1) is 10.9. The van der Waals surface area contributed by atoms with Crippen molar-refractivity contribution in [3.8, 4) is 11.5 Å². The maximum absolute atomic E-state index is 5.29. The highest BCUT2D eigenvalue weighted by Gasteiger charge is 2.14. The van der Waals surface area contributed by atoms with Crippen LogP contribution in [0.1, 0.15) is 18.5 Å². The average Bonchev–Trinajstić information content (AvgIpc) is 2.26. The van der Waals surface area contributed by atoms with Gasteiger partial charge in [-0.2, -0.15) is 0 Å². The summed E-state index contributed by atoms with van der Waals surface area (Å²) in [6.45, 7) is 2.07. The van der Waals surface area contributed by atoms with E-state index in [0.29, 0.717) is 0 Å². The number of methoxy groups -OCH3 is 2. The van der Waals surface area contributed by atoms with Gasteiger partial charge in [0.1, 0.15) is 11.5 Å². The first-order valence-electron chi connectivity index (χ1n) is 4.62. The van der Waals surface area contributed by atoms with Gasteiger partial charge in [-0.25, -0.2) is 0 Å². The Hall–Kier alpha value is -1.22. The molecule has 0 saturated carbocycles. The van der Waals surface area contributed by atoms with E-state index in [2.05, 4.69) is 12.2 Å². The van der Waals surface area contributed by atoms with Crippen molar-refractivity contribution in [1.29, 1.82) is 0 Å². The maximum atomic E-state index is 5.29. The zero-order chi connectivity index (χ0) is 10.6. The lowest BCUT2D eigenvalue weighted by atomic mass is 10.1. The van der Waals surface area contributed by atoms with Crippen molar-refractivity contribution in [2.24, 2.45) is 0 Å². The fourth-order valence-electron chi connectivity index (χ4n) is 1.45. The fourth-order valence-corrected chi connectivity index (χ4v) is 1.45. The SMILES string of the molecule is CN[C@H](C)c1c(OC)cccc1OC. The molecule has 0 aliphatic carbocycles.